The van der Waals surface area contributed by atoms with Gasteiger partial charge in [-0.25, -0.2) is 4.98 Å². The highest BCUT2D eigenvalue weighted by Crippen LogP contribution is 2.13. The highest BCUT2D eigenvalue weighted by atomic mass is 35.5. The van der Waals surface area contributed by atoms with Crippen molar-refractivity contribution in [3.63, 3.8) is 0 Å². The van der Waals surface area contributed by atoms with Gasteiger partial charge in [0.2, 0.25) is 0 Å². The molecular formula is C17H18ClN3. The van der Waals surface area contributed by atoms with Crippen molar-refractivity contribution in [2.24, 2.45) is 0 Å². The van der Waals surface area contributed by atoms with Crippen LogP contribution < -0.4 is 5.32 Å². The number of hydrogen-bond acceptors (Lipinski definition) is 2. The summed E-state index contributed by atoms with van der Waals surface area (Å²) in [6.45, 7) is 3.73. The van der Waals surface area contributed by atoms with Gasteiger partial charge in [0.05, 0.1) is 17.6 Å². The van der Waals surface area contributed by atoms with E-state index in [1.54, 1.807) is 0 Å². The maximum atomic E-state index is 5.98. The van der Waals surface area contributed by atoms with E-state index in [1.165, 1.54) is 11.1 Å². The summed E-state index contributed by atoms with van der Waals surface area (Å²) in [4.78, 5) is 7.92. The molecule has 0 amide bonds. The molecule has 0 unspecified atom stereocenters. The zero-order chi connectivity index (χ0) is 14.7. The molecule has 0 spiro atoms. The molecular weight excluding hydrogens is 282 g/mol. The summed E-state index contributed by atoms with van der Waals surface area (Å²) in [5.41, 5.74) is 4.61. The molecule has 2 N–H and O–H groups in total. The fourth-order valence-corrected chi connectivity index (χ4v) is 2.60. The third-order valence-corrected chi connectivity index (χ3v) is 3.69. The number of H-pyrrole nitrogens is 1. The summed E-state index contributed by atoms with van der Waals surface area (Å²) in [6.07, 6.45) is 0.958. The maximum Gasteiger partial charge on any atom is 0.121 e. The van der Waals surface area contributed by atoms with E-state index in [-0.39, 0.29) is 0 Å². The number of aromatic amines is 1. The number of rotatable bonds is 5. The molecule has 0 saturated carbocycles. The predicted octanol–water partition coefficient (Wildman–Crippen LogP) is 3.86. The van der Waals surface area contributed by atoms with Crippen LogP contribution in [-0.2, 0) is 13.0 Å². The number of imidazole rings is 1. The van der Waals surface area contributed by atoms with Crippen LogP contribution in [0.4, 0.5) is 0 Å². The van der Waals surface area contributed by atoms with Crippen LogP contribution in [-0.4, -0.2) is 16.5 Å². The molecule has 3 nitrogen and oxygen atoms in total. The van der Waals surface area contributed by atoms with Gasteiger partial charge in [0.15, 0.2) is 0 Å². The zero-order valence-corrected chi connectivity index (χ0v) is 12.7. The van der Waals surface area contributed by atoms with Crippen molar-refractivity contribution in [1.82, 2.24) is 15.3 Å². The minimum atomic E-state index is 0.744. The Morgan fingerprint density at radius 2 is 2.10 bits per heavy atom. The molecule has 0 aliphatic heterocycles. The third-order valence-electron chi connectivity index (χ3n) is 3.46. The molecule has 1 aromatic heterocycles. The van der Waals surface area contributed by atoms with Crippen molar-refractivity contribution in [2.45, 2.75) is 19.9 Å². The van der Waals surface area contributed by atoms with Crippen molar-refractivity contribution < 1.29 is 0 Å². The molecule has 0 saturated heterocycles. The van der Waals surface area contributed by atoms with Crippen LogP contribution in [0.15, 0.2) is 42.5 Å². The number of aromatic nitrogens is 2. The molecule has 0 radical (unpaired) electrons. The SMILES string of the molecule is Cc1ccc2nc(CNCCc3cccc(Cl)c3)[nH]c2c1. The molecule has 21 heavy (non-hydrogen) atoms. The second-order valence-corrected chi connectivity index (χ2v) is 5.70. The summed E-state index contributed by atoms with van der Waals surface area (Å²) in [5, 5.41) is 4.20. The standard InChI is InChI=1S/C17H18ClN3/c1-12-5-6-15-16(9-12)21-17(20-15)11-19-8-7-13-3-2-4-14(18)10-13/h2-6,9-10,19H,7-8,11H2,1H3,(H,20,21). The molecule has 0 fully saturated rings. The van der Waals surface area contributed by atoms with Crippen molar-refractivity contribution in [2.75, 3.05) is 6.54 Å². The van der Waals surface area contributed by atoms with Gasteiger partial charge in [0, 0.05) is 5.02 Å². The van der Waals surface area contributed by atoms with Crippen LogP contribution in [0.3, 0.4) is 0 Å². The van der Waals surface area contributed by atoms with Gasteiger partial charge in [0.25, 0.3) is 0 Å². The summed E-state index contributed by atoms with van der Waals surface area (Å²) in [6, 6.07) is 14.2. The minimum Gasteiger partial charge on any atom is -0.341 e. The van der Waals surface area contributed by atoms with Gasteiger partial charge in [0.1, 0.15) is 5.82 Å². The van der Waals surface area contributed by atoms with E-state index in [2.05, 4.69) is 46.5 Å². The Bertz CT molecular complexity index is 749. The van der Waals surface area contributed by atoms with Gasteiger partial charge in [-0.3, -0.25) is 0 Å². The number of aryl methyl sites for hydroxylation is 1. The van der Waals surface area contributed by atoms with Crippen molar-refractivity contribution in [3.8, 4) is 0 Å². The molecule has 0 atom stereocenters. The van der Waals surface area contributed by atoms with E-state index >= 15 is 0 Å². The van der Waals surface area contributed by atoms with Gasteiger partial charge in [-0.05, 0) is 55.3 Å². The molecule has 3 rings (SSSR count). The van der Waals surface area contributed by atoms with Gasteiger partial charge >= 0.3 is 0 Å². The molecule has 3 aromatic rings. The number of nitrogens with zero attached hydrogens (tertiary/aromatic N) is 1. The summed E-state index contributed by atoms with van der Waals surface area (Å²) < 4.78 is 0. The Labute approximate surface area is 129 Å². The Morgan fingerprint density at radius 1 is 1.19 bits per heavy atom. The molecule has 0 aliphatic rings. The first-order valence-electron chi connectivity index (χ1n) is 7.11. The van der Waals surface area contributed by atoms with Crippen LogP contribution in [0.2, 0.25) is 5.02 Å². The summed E-state index contributed by atoms with van der Waals surface area (Å²) >= 11 is 5.98. The highest BCUT2D eigenvalue weighted by molar-refractivity contribution is 6.30. The van der Waals surface area contributed by atoms with Gasteiger partial charge in [-0.15, -0.1) is 0 Å². The van der Waals surface area contributed by atoms with E-state index in [4.69, 9.17) is 11.6 Å². The fourth-order valence-electron chi connectivity index (χ4n) is 2.39. The lowest BCUT2D eigenvalue weighted by Crippen LogP contribution is -2.17. The molecule has 0 aliphatic carbocycles. The van der Waals surface area contributed by atoms with Gasteiger partial charge < -0.3 is 10.3 Å². The fraction of sp³-hybridized carbons (Fsp3) is 0.235. The van der Waals surface area contributed by atoms with Crippen LogP contribution in [0.1, 0.15) is 17.0 Å². The largest absolute Gasteiger partial charge is 0.341 e. The van der Waals surface area contributed by atoms with Crippen molar-refractivity contribution >= 4 is 22.6 Å². The number of nitrogens with one attached hydrogen (secondary N) is 2. The first-order chi connectivity index (χ1) is 10.2. The number of hydrogen-bond donors (Lipinski definition) is 2. The Hall–Kier alpha value is -1.84. The van der Waals surface area contributed by atoms with Crippen LogP contribution >= 0.6 is 11.6 Å². The molecule has 4 heteroatoms. The van der Waals surface area contributed by atoms with Crippen LogP contribution in [0.5, 0.6) is 0 Å². The Kier molecular flexibility index (Phi) is 4.23. The predicted molar refractivity (Wildman–Crippen MR) is 87.7 cm³/mol. The Morgan fingerprint density at radius 3 is 2.95 bits per heavy atom. The molecule has 108 valence electrons. The lowest BCUT2D eigenvalue weighted by atomic mass is 10.1. The van der Waals surface area contributed by atoms with Crippen molar-refractivity contribution in [1.29, 1.82) is 0 Å². The first-order valence-corrected chi connectivity index (χ1v) is 7.49. The molecule has 1 heterocycles. The van der Waals surface area contributed by atoms with E-state index < -0.39 is 0 Å². The quantitative estimate of drug-likeness (QED) is 0.702. The van der Waals surface area contributed by atoms with E-state index in [1.807, 2.05) is 18.2 Å². The minimum absolute atomic E-state index is 0.744. The lowest BCUT2D eigenvalue weighted by molar-refractivity contribution is 0.666. The average Bonchev–Trinajstić information content (AvgIpc) is 2.85. The average molecular weight is 300 g/mol. The number of benzene rings is 2. The van der Waals surface area contributed by atoms with E-state index in [0.717, 1.165) is 41.4 Å². The smallest absolute Gasteiger partial charge is 0.121 e. The maximum absolute atomic E-state index is 5.98. The summed E-state index contributed by atoms with van der Waals surface area (Å²) in [7, 11) is 0. The molecule has 0 bridgehead atoms. The van der Waals surface area contributed by atoms with E-state index in [9.17, 15) is 0 Å². The van der Waals surface area contributed by atoms with E-state index in [0.29, 0.717) is 0 Å². The number of halogens is 1. The normalized spacial score (nSPS) is 11.1. The third kappa shape index (κ3) is 3.63. The molecule has 2 aromatic carbocycles. The highest BCUT2D eigenvalue weighted by Gasteiger charge is 2.02. The number of fused-ring (bicyclic) bond motifs is 1. The Balaban J connectivity index is 1.54. The zero-order valence-electron chi connectivity index (χ0n) is 12.0. The van der Waals surface area contributed by atoms with Crippen molar-refractivity contribution in [3.05, 3.63) is 64.4 Å². The first kappa shape index (κ1) is 14.1. The van der Waals surface area contributed by atoms with Gasteiger partial charge in [-0.2, -0.15) is 0 Å². The summed E-state index contributed by atoms with van der Waals surface area (Å²) in [5.74, 6) is 0.974. The topological polar surface area (TPSA) is 40.7 Å². The van der Waals surface area contributed by atoms with Gasteiger partial charge in [-0.1, -0.05) is 29.8 Å². The lowest BCUT2D eigenvalue weighted by Gasteiger charge is -2.03. The van der Waals surface area contributed by atoms with Crippen LogP contribution in [0.25, 0.3) is 11.0 Å². The second-order valence-electron chi connectivity index (χ2n) is 5.26. The monoisotopic (exact) mass is 299 g/mol. The second kappa shape index (κ2) is 6.29. The van der Waals surface area contributed by atoms with Crippen LogP contribution in [0, 0.1) is 6.92 Å².